The second kappa shape index (κ2) is 5.09. The second-order valence-electron chi connectivity index (χ2n) is 3.40. The van der Waals surface area contributed by atoms with Gasteiger partial charge in [0, 0.05) is 13.2 Å². The number of sulfonamides is 1. The van der Waals surface area contributed by atoms with Crippen molar-refractivity contribution in [3.05, 3.63) is 5.69 Å². The van der Waals surface area contributed by atoms with Gasteiger partial charge in [0.2, 0.25) is 0 Å². The van der Waals surface area contributed by atoms with Crippen LogP contribution in [0.2, 0.25) is 0 Å². The molecule has 0 fully saturated rings. The SMILES string of the molecule is COCC(C)NS(=O)(=O)c1sc(N)nc1C. The van der Waals surface area contributed by atoms with Gasteiger partial charge in [0.25, 0.3) is 10.0 Å². The fourth-order valence-corrected chi connectivity index (χ4v) is 3.80. The molecule has 0 amide bonds. The molecule has 6 nitrogen and oxygen atoms in total. The van der Waals surface area contributed by atoms with Gasteiger partial charge >= 0.3 is 0 Å². The summed E-state index contributed by atoms with van der Waals surface area (Å²) in [6.45, 7) is 3.65. The fourth-order valence-electron chi connectivity index (χ4n) is 1.25. The number of hydrogen-bond acceptors (Lipinski definition) is 6. The van der Waals surface area contributed by atoms with Crippen molar-refractivity contribution in [1.29, 1.82) is 0 Å². The lowest BCUT2D eigenvalue weighted by atomic mass is 10.4. The maximum atomic E-state index is 11.9. The fraction of sp³-hybridized carbons (Fsp3) is 0.625. The van der Waals surface area contributed by atoms with E-state index in [1.807, 2.05) is 0 Å². The van der Waals surface area contributed by atoms with Gasteiger partial charge in [-0.3, -0.25) is 0 Å². The van der Waals surface area contributed by atoms with E-state index in [1.54, 1.807) is 13.8 Å². The van der Waals surface area contributed by atoms with Crippen molar-refractivity contribution in [2.24, 2.45) is 0 Å². The number of anilines is 1. The molecule has 1 rings (SSSR count). The molecule has 1 atom stereocenters. The molecule has 0 spiro atoms. The summed E-state index contributed by atoms with van der Waals surface area (Å²) >= 11 is 0.957. The number of ether oxygens (including phenoxy) is 1. The Morgan fingerprint density at radius 1 is 1.62 bits per heavy atom. The first-order chi connectivity index (χ1) is 7.36. The molecule has 16 heavy (non-hydrogen) atoms. The standard InChI is InChI=1S/C8H15N3O3S2/c1-5(4-14-3)11-16(12,13)7-6(2)10-8(9)15-7/h5,11H,4H2,1-3H3,(H2,9,10). The van der Waals surface area contributed by atoms with Gasteiger partial charge in [-0.2, -0.15) is 0 Å². The van der Waals surface area contributed by atoms with Gasteiger partial charge in [-0.25, -0.2) is 18.1 Å². The molecule has 1 unspecified atom stereocenters. The van der Waals surface area contributed by atoms with E-state index in [0.717, 1.165) is 11.3 Å². The van der Waals surface area contributed by atoms with E-state index in [-0.39, 0.29) is 15.4 Å². The minimum Gasteiger partial charge on any atom is -0.383 e. The first kappa shape index (κ1) is 13.4. The highest BCUT2D eigenvalue weighted by atomic mass is 32.2. The summed E-state index contributed by atoms with van der Waals surface area (Å²) < 4.78 is 31.3. The molecule has 0 saturated heterocycles. The Labute approximate surface area is 98.9 Å². The number of nitrogens with zero attached hydrogens (tertiary/aromatic N) is 1. The monoisotopic (exact) mass is 265 g/mol. The predicted octanol–water partition coefficient (Wildman–Crippen LogP) is 0.347. The summed E-state index contributed by atoms with van der Waals surface area (Å²) in [4.78, 5) is 3.88. The number of methoxy groups -OCH3 is 1. The quantitative estimate of drug-likeness (QED) is 0.801. The maximum absolute atomic E-state index is 11.9. The predicted molar refractivity (Wildman–Crippen MR) is 62.9 cm³/mol. The Hall–Kier alpha value is -0.700. The van der Waals surface area contributed by atoms with Crippen molar-refractivity contribution in [2.45, 2.75) is 24.1 Å². The molecule has 0 radical (unpaired) electrons. The van der Waals surface area contributed by atoms with Crippen LogP contribution in [0.15, 0.2) is 4.21 Å². The van der Waals surface area contributed by atoms with E-state index in [0.29, 0.717) is 12.3 Å². The van der Waals surface area contributed by atoms with Crippen LogP contribution >= 0.6 is 11.3 Å². The maximum Gasteiger partial charge on any atom is 0.252 e. The Bertz CT molecular complexity index is 455. The highest BCUT2D eigenvalue weighted by Gasteiger charge is 2.22. The van der Waals surface area contributed by atoms with Gasteiger partial charge in [0.1, 0.15) is 0 Å². The largest absolute Gasteiger partial charge is 0.383 e. The Morgan fingerprint density at radius 2 is 2.25 bits per heavy atom. The average Bonchev–Trinajstić information content (AvgIpc) is 2.45. The summed E-state index contributed by atoms with van der Waals surface area (Å²) in [7, 11) is -2.03. The first-order valence-electron chi connectivity index (χ1n) is 4.61. The van der Waals surface area contributed by atoms with Crippen LogP contribution in [0.25, 0.3) is 0 Å². The number of nitrogen functional groups attached to an aromatic ring is 1. The van der Waals surface area contributed by atoms with E-state index in [2.05, 4.69) is 9.71 Å². The zero-order chi connectivity index (χ0) is 12.3. The third-order valence-electron chi connectivity index (χ3n) is 1.79. The van der Waals surface area contributed by atoms with Gasteiger partial charge in [-0.15, -0.1) is 0 Å². The number of aryl methyl sites for hydroxylation is 1. The summed E-state index contributed by atoms with van der Waals surface area (Å²) in [6.07, 6.45) is 0. The van der Waals surface area contributed by atoms with Gasteiger partial charge in [-0.05, 0) is 13.8 Å². The van der Waals surface area contributed by atoms with Crippen LogP contribution in [-0.2, 0) is 14.8 Å². The summed E-state index contributed by atoms with van der Waals surface area (Å²) in [6, 6.07) is -0.294. The molecule has 0 aliphatic heterocycles. The lowest BCUT2D eigenvalue weighted by Crippen LogP contribution is -2.35. The molecule has 1 aromatic heterocycles. The molecule has 0 aliphatic rings. The van der Waals surface area contributed by atoms with Crippen LogP contribution in [0.5, 0.6) is 0 Å². The minimum absolute atomic E-state index is 0.160. The Morgan fingerprint density at radius 3 is 2.69 bits per heavy atom. The molecule has 0 saturated carbocycles. The first-order valence-corrected chi connectivity index (χ1v) is 6.91. The second-order valence-corrected chi connectivity index (χ2v) is 6.34. The van der Waals surface area contributed by atoms with Crippen molar-refractivity contribution in [3.63, 3.8) is 0 Å². The smallest absolute Gasteiger partial charge is 0.252 e. The molecule has 0 bridgehead atoms. The molecule has 8 heteroatoms. The molecule has 92 valence electrons. The molecular formula is C8H15N3O3S2. The molecule has 0 aliphatic carbocycles. The molecule has 3 N–H and O–H groups in total. The Kier molecular flexibility index (Phi) is 4.25. The molecule has 1 aromatic rings. The van der Waals surface area contributed by atoms with Crippen molar-refractivity contribution in [2.75, 3.05) is 19.5 Å². The number of hydrogen-bond donors (Lipinski definition) is 2. The molecule has 0 aromatic carbocycles. The van der Waals surface area contributed by atoms with Gasteiger partial charge in [0.15, 0.2) is 9.34 Å². The van der Waals surface area contributed by atoms with Gasteiger partial charge < -0.3 is 10.5 Å². The topological polar surface area (TPSA) is 94.3 Å². The van der Waals surface area contributed by atoms with Crippen LogP contribution in [0.4, 0.5) is 5.13 Å². The van der Waals surface area contributed by atoms with E-state index >= 15 is 0 Å². The zero-order valence-electron chi connectivity index (χ0n) is 9.35. The van der Waals surface area contributed by atoms with Crippen LogP contribution in [0.1, 0.15) is 12.6 Å². The summed E-state index contributed by atoms with van der Waals surface area (Å²) in [5.41, 5.74) is 5.87. The average molecular weight is 265 g/mol. The van der Waals surface area contributed by atoms with E-state index in [1.165, 1.54) is 7.11 Å². The number of rotatable bonds is 5. The van der Waals surface area contributed by atoms with Crippen LogP contribution in [-0.4, -0.2) is 33.2 Å². The van der Waals surface area contributed by atoms with Crippen molar-refractivity contribution < 1.29 is 13.2 Å². The third-order valence-corrected chi connectivity index (χ3v) is 4.97. The zero-order valence-corrected chi connectivity index (χ0v) is 11.0. The van der Waals surface area contributed by atoms with Crippen molar-refractivity contribution >= 4 is 26.5 Å². The minimum atomic E-state index is -3.55. The van der Waals surface area contributed by atoms with Crippen LogP contribution < -0.4 is 10.5 Å². The number of nitrogens with two attached hydrogens (primary N) is 1. The summed E-state index contributed by atoms with van der Waals surface area (Å²) in [5, 5.41) is 0.247. The van der Waals surface area contributed by atoms with E-state index in [4.69, 9.17) is 10.5 Å². The highest BCUT2D eigenvalue weighted by Crippen LogP contribution is 2.24. The van der Waals surface area contributed by atoms with Crippen molar-refractivity contribution in [1.82, 2.24) is 9.71 Å². The van der Waals surface area contributed by atoms with E-state index < -0.39 is 10.0 Å². The third kappa shape index (κ3) is 3.14. The normalized spacial score (nSPS) is 13.9. The van der Waals surface area contributed by atoms with Crippen molar-refractivity contribution in [3.8, 4) is 0 Å². The summed E-state index contributed by atoms with van der Waals surface area (Å²) in [5.74, 6) is 0. The highest BCUT2D eigenvalue weighted by molar-refractivity contribution is 7.91. The number of nitrogens with one attached hydrogen (secondary N) is 1. The van der Waals surface area contributed by atoms with Crippen LogP contribution in [0, 0.1) is 6.92 Å². The number of thiazole rings is 1. The number of aromatic nitrogens is 1. The van der Waals surface area contributed by atoms with E-state index in [9.17, 15) is 8.42 Å². The lowest BCUT2D eigenvalue weighted by Gasteiger charge is -2.12. The molecule has 1 heterocycles. The van der Waals surface area contributed by atoms with Gasteiger partial charge in [0.05, 0.1) is 12.3 Å². The lowest BCUT2D eigenvalue weighted by molar-refractivity contribution is 0.180. The van der Waals surface area contributed by atoms with Gasteiger partial charge in [-0.1, -0.05) is 11.3 Å². The Balaban J connectivity index is 2.90. The van der Waals surface area contributed by atoms with Crippen LogP contribution in [0.3, 0.4) is 0 Å². The molecular weight excluding hydrogens is 250 g/mol.